The maximum absolute atomic E-state index is 12.0. The van der Waals surface area contributed by atoms with E-state index in [-0.39, 0.29) is 11.8 Å². The van der Waals surface area contributed by atoms with Crippen LogP contribution >= 0.6 is 0 Å². The van der Waals surface area contributed by atoms with Gasteiger partial charge in [-0.15, -0.1) is 0 Å². The van der Waals surface area contributed by atoms with E-state index in [2.05, 4.69) is 10.6 Å². The SMILES string of the molecule is CCOc1ccc(/C=C/C(=O)Nc2ccc(NC(=O)CC(C)C)cc2)cc1. The molecular weight excluding hydrogens is 340 g/mol. The second kappa shape index (κ2) is 10.2. The van der Waals surface area contributed by atoms with Crippen molar-refractivity contribution in [3.8, 4) is 5.75 Å². The third-order valence-electron chi connectivity index (χ3n) is 3.65. The molecule has 0 spiro atoms. The van der Waals surface area contributed by atoms with E-state index in [1.165, 1.54) is 6.08 Å². The van der Waals surface area contributed by atoms with Crippen LogP contribution in [-0.2, 0) is 9.59 Å². The first kappa shape index (κ1) is 20.2. The number of carbonyl (C=O) groups is 2. The van der Waals surface area contributed by atoms with E-state index in [1.807, 2.05) is 45.0 Å². The molecule has 142 valence electrons. The van der Waals surface area contributed by atoms with Crippen molar-refractivity contribution in [2.45, 2.75) is 27.2 Å². The minimum absolute atomic E-state index is 0.0138. The highest BCUT2D eigenvalue weighted by Crippen LogP contribution is 2.15. The standard InChI is InChI=1S/C22H26N2O3/c1-4-27-20-12-5-17(6-13-20)7-14-21(25)23-18-8-10-19(11-9-18)24-22(26)15-16(2)3/h5-14,16H,4,15H2,1-3H3,(H,23,25)(H,24,26)/b14-7+. The number of nitrogens with one attached hydrogen (secondary N) is 2. The van der Waals surface area contributed by atoms with Gasteiger partial charge in [0.25, 0.3) is 0 Å². The van der Waals surface area contributed by atoms with Crippen LogP contribution in [-0.4, -0.2) is 18.4 Å². The van der Waals surface area contributed by atoms with Crippen LogP contribution in [0, 0.1) is 5.92 Å². The molecule has 2 rings (SSSR count). The summed E-state index contributed by atoms with van der Waals surface area (Å²) in [6.45, 7) is 6.56. The largest absolute Gasteiger partial charge is 0.494 e. The second-order valence-corrected chi connectivity index (χ2v) is 6.55. The van der Waals surface area contributed by atoms with Crippen LogP contribution in [0.15, 0.2) is 54.6 Å². The lowest BCUT2D eigenvalue weighted by molar-refractivity contribution is -0.117. The summed E-state index contributed by atoms with van der Waals surface area (Å²) in [5.74, 6) is 0.881. The van der Waals surface area contributed by atoms with Crippen molar-refractivity contribution in [2.75, 3.05) is 17.2 Å². The molecule has 5 heteroatoms. The third-order valence-corrected chi connectivity index (χ3v) is 3.65. The van der Waals surface area contributed by atoms with Gasteiger partial charge in [0.1, 0.15) is 5.75 Å². The van der Waals surface area contributed by atoms with Gasteiger partial charge in [-0.05, 0) is 60.9 Å². The molecule has 0 aliphatic heterocycles. The zero-order chi connectivity index (χ0) is 19.6. The summed E-state index contributed by atoms with van der Waals surface area (Å²) >= 11 is 0. The number of rotatable bonds is 8. The van der Waals surface area contributed by atoms with Crippen molar-refractivity contribution in [2.24, 2.45) is 5.92 Å². The summed E-state index contributed by atoms with van der Waals surface area (Å²) in [4.78, 5) is 23.8. The normalized spacial score (nSPS) is 10.8. The molecule has 0 saturated heterocycles. The van der Waals surface area contributed by atoms with E-state index in [9.17, 15) is 9.59 Å². The van der Waals surface area contributed by atoms with Gasteiger partial charge in [0.15, 0.2) is 0 Å². The highest BCUT2D eigenvalue weighted by atomic mass is 16.5. The number of hydrogen-bond acceptors (Lipinski definition) is 3. The fourth-order valence-electron chi connectivity index (χ4n) is 2.42. The van der Waals surface area contributed by atoms with E-state index < -0.39 is 0 Å². The van der Waals surface area contributed by atoms with Gasteiger partial charge in [-0.3, -0.25) is 9.59 Å². The van der Waals surface area contributed by atoms with Crippen LogP contribution in [0.5, 0.6) is 5.75 Å². The zero-order valence-corrected chi connectivity index (χ0v) is 16.0. The minimum Gasteiger partial charge on any atom is -0.494 e. The Kier molecular flexibility index (Phi) is 7.62. The average Bonchev–Trinajstić information content (AvgIpc) is 2.62. The van der Waals surface area contributed by atoms with Crippen LogP contribution in [0.25, 0.3) is 6.08 Å². The number of benzene rings is 2. The van der Waals surface area contributed by atoms with Crippen molar-refractivity contribution in [1.29, 1.82) is 0 Å². The predicted molar refractivity (Wildman–Crippen MR) is 110 cm³/mol. The Bertz CT molecular complexity index is 778. The molecule has 0 aromatic heterocycles. The summed E-state index contributed by atoms with van der Waals surface area (Å²) in [5.41, 5.74) is 2.29. The monoisotopic (exact) mass is 366 g/mol. The first-order valence-electron chi connectivity index (χ1n) is 9.08. The van der Waals surface area contributed by atoms with Crippen molar-refractivity contribution in [3.05, 3.63) is 60.2 Å². The molecule has 2 amide bonds. The Balaban J connectivity index is 1.87. The molecule has 2 aromatic rings. The maximum Gasteiger partial charge on any atom is 0.248 e. The van der Waals surface area contributed by atoms with Crippen molar-refractivity contribution >= 4 is 29.3 Å². The number of ether oxygens (including phenoxy) is 1. The molecule has 0 saturated carbocycles. The van der Waals surface area contributed by atoms with Gasteiger partial charge in [0, 0.05) is 23.9 Å². The van der Waals surface area contributed by atoms with Gasteiger partial charge >= 0.3 is 0 Å². The van der Waals surface area contributed by atoms with E-state index in [4.69, 9.17) is 4.74 Å². The molecule has 0 fully saturated rings. The quantitative estimate of drug-likeness (QED) is 0.664. The van der Waals surface area contributed by atoms with E-state index in [0.717, 1.165) is 11.3 Å². The number of amides is 2. The highest BCUT2D eigenvalue weighted by molar-refractivity contribution is 6.02. The van der Waals surface area contributed by atoms with Crippen molar-refractivity contribution < 1.29 is 14.3 Å². The Morgan fingerprint density at radius 3 is 2.11 bits per heavy atom. The van der Waals surface area contributed by atoms with Crippen LogP contribution in [0.4, 0.5) is 11.4 Å². The first-order chi connectivity index (χ1) is 13.0. The van der Waals surface area contributed by atoms with Crippen LogP contribution in [0.2, 0.25) is 0 Å². The lowest BCUT2D eigenvalue weighted by atomic mass is 10.1. The average molecular weight is 366 g/mol. The minimum atomic E-state index is -0.222. The smallest absolute Gasteiger partial charge is 0.248 e. The predicted octanol–water partition coefficient (Wildman–Crippen LogP) is 4.72. The van der Waals surface area contributed by atoms with Gasteiger partial charge in [0.05, 0.1) is 6.61 Å². The Hall–Kier alpha value is -3.08. The Labute approximate surface area is 160 Å². The number of anilines is 2. The Morgan fingerprint density at radius 2 is 1.56 bits per heavy atom. The molecular formula is C22H26N2O3. The van der Waals surface area contributed by atoms with E-state index in [1.54, 1.807) is 30.3 Å². The van der Waals surface area contributed by atoms with Crippen molar-refractivity contribution in [1.82, 2.24) is 0 Å². The van der Waals surface area contributed by atoms with E-state index >= 15 is 0 Å². The topological polar surface area (TPSA) is 67.4 Å². The fraction of sp³-hybridized carbons (Fsp3) is 0.273. The molecule has 2 N–H and O–H groups in total. The van der Waals surface area contributed by atoms with Gasteiger partial charge in [-0.1, -0.05) is 26.0 Å². The Morgan fingerprint density at radius 1 is 0.963 bits per heavy atom. The second-order valence-electron chi connectivity index (χ2n) is 6.55. The molecule has 0 bridgehead atoms. The van der Waals surface area contributed by atoms with Crippen LogP contribution in [0.3, 0.4) is 0 Å². The summed E-state index contributed by atoms with van der Waals surface area (Å²) in [7, 11) is 0. The first-order valence-corrected chi connectivity index (χ1v) is 9.08. The zero-order valence-electron chi connectivity index (χ0n) is 16.0. The number of carbonyl (C=O) groups excluding carboxylic acids is 2. The molecule has 0 heterocycles. The fourth-order valence-corrected chi connectivity index (χ4v) is 2.42. The molecule has 0 aliphatic rings. The molecule has 0 aliphatic carbocycles. The molecule has 2 aromatic carbocycles. The van der Waals surface area contributed by atoms with Gasteiger partial charge in [-0.2, -0.15) is 0 Å². The highest BCUT2D eigenvalue weighted by Gasteiger charge is 2.05. The summed E-state index contributed by atoms with van der Waals surface area (Å²) in [6.07, 6.45) is 3.70. The van der Waals surface area contributed by atoms with Gasteiger partial charge in [-0.25, -0.2) is 0 Å². The summed E-state index contributed by atoms with van der Waals surface area (Å²) < 4.78 is 5.39. The maximum atomic E-state index is 12.0. The van der Waals surface area contributed by atoms with Crippen molar-refractivity contribution in [3.63, 3.8) is 0 Å². The molecule has 27 heavy (non-hydrogen) atoms. The molecule has 0 radical (unpaired) electrons. The van der Waals surface area contributed by atoms with E-state index in [0.29, 0.717) is 30.3 Å². The molecule has 0 unspecified atom stereocenters. The van der Waals surface area contributed by atoms with Crippen LogP contribution < -0.4 is 15.4 Å². The number of hydrogen-bond donors (Lipinski definition) is 2. The molecule has 5 nitrogen and oxygen atoms in total. The van der Waals surface area contributed by atoms with Gasteiger partial charge in [0.2, 0.25) is 11.8 Å². The summed E-state index contributed by atoms with van der Waals surface area (Å²) in [5, 5.41) is 5.63. The summed E-state index contributed by atoms with van der Waals surface area (Å²) in [6, 6.07) is 14.6. The lowest BCUT2D eigenvalue weighted by Crippen LogP contribution is -2.14. The van der Waals surface area contributed by atoms with Gasteiger partial charge < -0.3 is 15.4 Å². The molecule has 0 atom stereocenters. The van der Waals surface area contributed by atoms with Crippen LogP contribution in [0.1, 0.15) is 32.8 Å². The lowest BCUT2D eigenvalue weighted by Gasteiger charge is -2.08. The third kappa shape index (κ3) is 7.36.